The molecule has 2 aromatic carbocycles. The topological polar surface area (TPSA) is 116 Å². The van der Waals surface area contributed by atoms with Crippen LogP contribution in [-0.2, 0) is 19.6 Å². The number of ether oxygens (including phenoxy) is 1. The summed E-state index contributed by atoms with van der Waals surface area (Å²) in [7, 11) is -3.90. The van der Waals surface area contributed by atoms with Gasteiger partial charge in [0.25, 0.3) is 15.9 Å². The van der Waals surface area contributed by atoms with Gasteiger partial charge in [-0.2, -0.15) is 0 Å². The maximum Gasteiger partial charge on any atom is 0.338 e. The van der Waals surface area contributed by atoms with Crippen molar-refractivity contribution in [2.24, 2.45) is 5.73 Å². The van der Waals surface area contributed by atoms with Crippen LogP contribution in [0.25, 0.3) is 0 Å². The van der Waals surface area contributed by atoms with Crippen molar-refractivity contribution < 1.29 is 27.1 Å². The van der Waals surface area contributed by atoms with Crippen molar-refractivity contribution in [1.29, 1.82) is 0 Å². The maximum absolute atomic E-state index is 12.9. The van der Waals surface area contributed by atoms with Crippen molar-refractivity contribution in [1.82, 2.24) is 0 Å². The summed E-state index contributed by atoms with van der Waals surface area (Å²) in [5.41, 5.74) is 5.26. The van der Waals surface area contributed by atoms with Crippen LogP contribution in [0.4, 0.5) is 10.1 Å². The number of nitrogens with two attached hydrogens (primary N) is 1. The molecule has 0 aromatic heterocycles. The molecule has 132 valence electrons. The highest BCUT2D eigenvalue weighted by molar-refractivity contribution is 7.92. The lowest BCUT2D eigenvalue weighted by atomic mass is 10.2. The van der Waals surface area contributed by atoms with Crippen LogP contribution in [0.2, 0.25) is 0 Å². The second kappa shape index (κ2) is 7.31. The fraction of sp³-hybridized carbons (Fsp3) is 0.125. The molecule has 0 bridgehead atoms. The predicted octanol–water partition coefficient (Wildman–Crippen LogP) is 1.66. The Kier molecular flexibility index (Phi) is 5.38. The lowest BCUT2D eigenvalue weighted by molar-refractivity contribution is -0.125. The van der Waals surface area contributed by atoms with E-state index >= 15 is 0 Å². The minimum atomic E-state index is -3.90. The van der Waals surface area contributed by atoms with Gasteiger partial charge in [-0.05, 0) is 55.5 Å². The lowest BCUT2D eigenvalue weighted by Gasteiger charge is -2.11. The Bertz CT molecular complexity index is 880. The zero-order valence-corrected chi connectivity index (χ0v) is 13.9. The molecule has 0 aliphatic carbocycles. The van der Waals surface area contributed by atoms with Gasteiger partial charge in [-0.25, -0.2) is 17.6 Å². The van der Waals surface area contributed by atoms with Gasteiger partial charge in [0.05, 0.1) is 10.5 Å². The van der Waals surface area contributed by atoms with E-state index in [0.29, 0.717) is 0 Å². The summed E-state index contributed by atoms with van der Waals surface area (Å²) in [6.07, 6.45) is -1.10. The fourth-order valence-corrected chi connectivity index (χ4v) is 2.85. The van der Waals surface area contributed by atoms with Crippen molar-refractivity contribution in [3.05, 3.63) is 59.9 Å². The first-order valence-corrected chi connectivity index (χ1v) is 8.56. The normalized spacial score (nSPS) is 12.2. The first kappa shape index (κ1) is 18.4. The highest BCUT2D eigenvalue weighted by atomic mass is 32.2. The number of anilines is 1. The Hall–Kier alpha value is -2.94. The van der Waals surface area contributed by atoms with E-state index in [4.69, 9.17) is 10.5 Å². The standard InChI is InChI=1S/C16H15FN2O5S/c1-10(15(18)20)24-16(21)11-2-8-14(9-3-11)25(22,23)19-13-6-4-12(17)5-7-13/h2-10,19H,1H3,(H2,18,20)/t10-/m0/s1. The summed E-state index contributed by atoms with van der Waals surface area (Å²) in [5.74, 6) is -2.09. The number of primary amides is 1. The summed E-state index contributed by atoms with van der Waals surface area (Å²) in [5, 5.41) is 0. The first-order chi connectivity index (χ1) is 11.7. The number of carbonyl (C=O) groups is 2. The molecule has 7 nitrogen and oxygen atoms in total. The molecule has 0 aliphatic heterocycles. The summed E-state index contributed by atoms with van der Waals surface area (Å²) < 4.78 is 44.5. The average molecular weight is 366 g/mol. The Morgan fingerprint density at radius 1 is 1.08 bits per heavy atom. The molecule has 9 heteroatoms. The van der Waals surface area contributed by atoms with Gasteiger partial charge in [0.2, 0.25) is 0 Å². The second-order valence-electron chi connectivity index (χ2n) is 5.09. The van der Waals surface area contributed by atoms with Gasteiger partial charge in [-0.3, -0.25) is 9.52 Å². The van der Waals surface area contributed by atoms with E-state index in [-0.39, 0.29) is 16.1 Å². The molecule has 2 aromatic rings. The number of rotatable bonds is 6. The Balaban J connectivity index is 2.14. The fourth-order valence-electron chi connectivity index (χ4n) is 1.79. The van der Waals surface area contributed by atoms with Crippen LogP contribution < -0.4 is 10.5 Å². The lowest BCUT2D eigenvalue weighted by Crippen LogP contribution is -2.30. The molecule has 1 atom stereocenters. The summed E-state index contributed by atoms with van der Waals surface area (Å²) in [4.78, 5) is 22.6. The van der Waals surface area contributed by atoms with E-state index in [1.165, 1.54) is 43.3 Å². The van der Waals surface area contributed by atoms with E-state index in [2.05, 4.69) is 4.72 Å². The maximum atomic E-state index is 12.9. The largest absolute Gasteiger partial charge is 0.449 e. The smallest absolute Gasteiger partial charge is 0.338 e. The monoisotopic (exact) mass is 366 g/mol. The zero-order chi connectivity index (χ0) is 18.6. The van der Waals surface area contributed by atoms with Gasteiger partial charge in [0.15, 0.2) is 6.10 Å². The molecular formula is C16H15FN2O5S. The molecule has 0 unspecified atom stereocenters. The minimum absolute atomic E-state index is 0.0637. The number of amides is 1. The van der Waals surface area contributed by atoms with Gasteiger partial charge in [-0.15, -0.1) is 0 Å². The van der Waals surface area contributed by atoms with Gasteiger partial charge in [0.1, 0.15) is 5.82 Å². The second-order valence-corrected chi connectivity index (χ2v) is 6.77. The minimum Gasteiger partial charge on any atom is -0.449 e. The number of hydrogen-bond acceptors (Lipinski definition) is 5. The molecule has 2 rings (SSSR count). The SMILES string of the molecule is C[C@H](OC(=O)c1ccc(S(=O)(=O)Nc2ccc(F)cc2)cc1)C(N)=O. The highest BCUT2D eigenvalue weighted by Crippen LogP contribution is 2.17. The van der Waals surface area contributed by atoms with Crippen LogP contribution in [0.3, 0.4) is 0 Å². The quantitative estimate of drug-likeness (QED) is 0.754. The molecule has 0 fully saturated rings. The molecule has 0 saturated carbocycles. The van der Waals surface area contributed by atoms with Crippen LogP contribution in [0.1, 0.15) is 17.3 Å². The Labute approximate surface area is 143 Å². The van der Waals surface area contributed by atoms with E-state index in [1.54, 1.807) is 0 Å². The highest BCUT2D eigenvalue weighted by Gasteiger charge is 2.18. The summed E-state index contributed by atoms with van der Waals surface area (Å²) >= 11 is 0. The predicted molar refractivity (Wildman–Crippen MR) is 87.7 cm³/mol. The molecule has 0 aliphatic rings. The average Bonchev–Trinajstić information content (AvgIpc) is 2.56. The van der Waals surface area contributed by atoms with Crippen LogP contribution >= 0.6 is 0 Å². The number of hydrogen-bond donors (Lipinski definition) is 2. The van der Waals surface area contributed by atoms with Gasteiger partial charge in [-0.1, -0.05) is 0 Å². The van der Waals surface area contributed by atoms with Crippen LogP contribution in [0.15, 0.2) is 53.4 Å². The molecule has 3 N–H and O–H groups in total. The summed E-state index contributed by atoms with van der Waals surface area (Å²) in [6.45, 7) is 1.33. The molecule has 0 saturated heterocycles. The van der Waals surface area contributed by atoms with E-state index < -0.39 is 33.8 Å². The number of halogens is 1. The van der Waals surface area contributed by atoms with Crippen LogP contribution in [0.5, 0.6) is 0 Å². The van der Waals surface area contributed by atoms with Crippen molar-refractivity contribution in [2.45, 2.75) is 17.9 Å². The number of esters is 1. The summed E-state index contributed by atoms with van der Waals surface area (Å²) in [6, 6.07) is 9.71. The van der Waals surface area contributed by atoms with Crippen LogP contribution in [-0.4, -0.2) is 26.4 Å². The molecule has 25 heavy (non-hydrogen) atoms. The third-order valence-corrected chi connectivity index (χ3v) is 4.58. The molecule has 0 spiro atoms. The van der Waals surface area contributed by atoms with E-state index in [0.717, 1.165) is 12.1 Å². The van der Waals surface area contributed by atoms with E-state index in [1.807, 2.05) is 0 Å². The van der Waals surface area contributed by atoms with Crippen molar-refractivity contribution in [2.75, 3.05) is 4.72 Å². The van der Waals surface area contributed by atoms with Crippen molar-refractivity contribution >= 4 is 27.6 Å². The van der Waals surface area contributed by atoms with Crippen molar-refractivity contribution in [3.8, 4) is 0 Å². The third-order valence-electron chi connectivity index (χ3n) is 3.18. The first-order valence-electron chi connectivity index (χ1n) is 7.08. The zero-order valence-electron chi connectivity index (χ0n) is 13.1. The molecular weight excluding hydrogens is 351 g/mol. The van der Waals surface area contributed by atoms with Gasteiger partial charge >= 0.3 is 5.97 Å². The molecule has 0 heterocycles. The molecule has 1 amide bonds. The van der Waals surface area contributed by atoms with Crippen LogP contribution in [0, 0.1) is 5.82 Å². The van der Waals surface area contributed by atoms with Gasteiger partial charge in [0, 0.05) is 5.69 Å². The van der Waals surface area contributed by atoms with Crippen molar-refractivity contribution in [3.63, 3.8) is 0 Å². The van der Waals surface area contributed by atoms with Gasteiger partial charge < -0.3 is 10.5 Å². The Morgan fingerprint density at radius 3 is 2.16 bits per heavy atom. The number of nitrogens with one attached hydrogen (secondary N) is 1. The molecule has 0 radical (unpaired) electrons. The van der Waals surface area contributed by atoms with E-state index in [9.17, 15) is 22.4 Å². The number of benzene rings is 2. The number of sulfonamides is 1. The number of carbonyl (C=O) groups excluding carboxylic acids is 2. The third kappa shape index (κ3) is 4.77. The Morgan fingerprint density at radius 2 is 1.64 bits per heavy atom.